The summed E-state index contributed by atoms with van der Waals surface area (Å²) in [6.07, 6.45) is 1.04. The van der Waals surface area contributed by atoms with Gasteiger partial charge in [0.2, 0.25) is 0 Å². The van der Waals surface area contributed by atoms with E-state index in [2.05, 4.69) is 35.0 Å². The van der Waals surface area contributed by atoms with Crippen molar-refractivity contribution in [3.8, 4) is 0 Å². The zero-order valence-corrected chi connectivity index (χ0v) is 10.3. The zero-order valence-electron chi connectivity index (χ0n) is 7.10. The summed E-state index contributed by atoms with van der Waals surface area (Å²) in [6.45, 7) is 2.15. The first kappa shape index (κ1) is 9.50. The number of hydrogen-bond acceptors (Lipinski definition) is 1. The van der Waals surface area contributed by atoms with Crippen LogP contribution in [-0.2, 0) is 6.42 Å². The third kappa shape index (κ3) is 1.63. The number of fused-ring (bicyclic) bond motifs is 1. The number of hydrogen-bond donors (Lipinski definition) is 0. The summed E-state index contributed by atoms with van der Waals surface area (Å²) < 4.78 is 2.39. The fourth-order valence-electron chi connectivity index (χ4n) is 1.33. The maximum Gasteiger partial charge on any atom is 0.0592 e. The van der Waals surface area contributed by atoms with Gasteiger partial charge >= 0.3 is 0 Å². The third-order valence-corrected chi connectivity index (χ3v) is 4.41. The van der Waals surface area contributed by atoms with Crippen LogP contribution in [0.2, 0.25) is 5.02 Å². The quantitative estimate of drug-likeness (QED) is 0.696. The van der Waals surface area contributed by atoms with Crippen molar-refractivity contribution in [3.63, 3.8) is 0 Å². The van der Waals surface area contributed by atoms with Crippen LogP contribution in [-0.4, -0.2) is 0 Å². The largest absolute Gasteiger partial charge is 0.141 e. The molecule has 68 valence electrons. The van der Waals surface area contributed by atoms with Crippen LogP contribution in [0.3, 0.4) is 0 Å². The molecule has 0 unspecified atom stereocenters. The minimum Gasteiger partial charge on any atom is -0.141 e. The molecule has 0 aliphatic carbocycles. The number of halogens is 2. The van der Waals surface area contributed by atoms with Gasteiger partial charge in [0.25, 0.3) is 0 Å². The Bertz CT molecular complexity index is 447. The number of thiophene rings is 1. The van der Waals surface area contributed by atoms with E-state index < -0.39 is 0 Å². The van der Waals surface area contributed by atoms with Gasteiger partial charge in [0, 0.05) is 15.2 Å². The molecule has 2 rings (SSSR count). The Morgan fingerprint density at radius 1 is 1.46 bits per heavy atom. The van der Waals surface area contributed by atoms with Gasteiger partial charge in [-0.3, -0.25) is 0 Å². The van der Waals surface area contributed by atoms with Gasteiger partial charge in [-0.1, -0.05) is 18.5 Å². The van der Waals surface area contributed by atoms with Gasteiger partial charge in [-0.2, -0.15) is 0 Å². The average molecular weight is 276 g/mol. The Morgan fingerprint density at radius 3 is 2.92 bits per heavy atom. The van der Waals surface area contributed by atoms with Crippen LogP contribution >= 0.6 is 38.9 Å². The molecule has 3 heteroatoms. The standard InChI is InChI=1S/C10H8BrClS/c1-2-6-3-7-9(12)5-13-10(7)8(11)4-6/h3-5H,2H2,1H3. The monoisotopic (exact) mass is 274 g/mol. The molecule has 1 heterocycles. The van der Waals surface area contributed by atoms with Crippen molar-refractivity contribution in [2.24, 2.45) is 0 Å². The summed E-state index contributed by atoms with van der Waals surface area (Å²) in [4.78, 5) is 0. The first-order valence-corrected chi connectivity index (χ1v) is 6.12. The first-order chi connectivity index (χ1) is 6.22. The van der Waals surface area contributed by atoms with E-state index in [-0.39, 0.29) is 0 Å². The summed E-state index contributed by atoms with van der Waals surface area (Å²) in [7, 11) is 0. The third-order valence-electron chi connectivity index (χ3n) is 2.05. The maximum atomic E-state index is 6.06. The Kier molecular flexibility index (Phi) is 2.63. The van der Waals surface area contributed by atoms with Crippen LogP contribution in [0.1, 0.15) is 12.5 Å². The van der Waals surface area contributed by atoms with Crippen LogP contribution in [0.5, 0.6) is 0 Å². The molecule has 0 radical (unpaired) electrons. The van der Waals surface area contributed by atoms with Crippen molar-refractivity contribution in [2.75, 3.05) is 0 Å². The van der Waals surface area contributed by atoms with Crippen molar-refractivity contribution in [1.82, 2.24) is 0 Å². The Hall–Kier alpha value is -0.0500. The molecule has 0 atom stereocenters. The fraction of sp³-hybridized carbons (Fsp3) is 0.200. The lowest BCUT2D eigenvalue weighted by Gasteiger charge is -1.99. The Morgan fingerprint density at radius 2 is 2.23 bits per heavy atom. The second-order valence-electron chi connectivity index (χ2n) is 2.89. The lowest BCUT2D eigenvalue weighted by molar-refractivity contribution is 1.14. The van der Waals surface area contributed by atoms with Crippen LogP contribution in [0, 0.1) is 0 Å². The molecular weight excluding hydrogens is 268 g/mol. The number of aryl methyl sites for hydroxylation is 1. The lowest BCUT2D eigenvalue weighted by Crippen LogP contribution is -1.79. The SMILES string of the molecule is CCc1cc(Br)c2scc(Cl)c2c1. The Labute approximate surface area is 94.7 Å². The van der Waals surface area contributed by atoms with E-state index in [9.17, 15) is 0 Å². The molecule has 0 saturated carbocycles. The smallest absolute Gasteiger partial charge is 0.0592 e. The molecule has 0 nitrogen and oxygen atoms in total. The first-order valence-electron chi connectivity index (χ1n) is 4.07. The second-order valence-corrected chi connectivity index (χ2v) is 5.03. The van der Waals surface area contributed by atoms with E-state index in [0.717, 1.165) is 21.3 Å². The van der Waals surface area contributed by atoms with E-state index >= 15 is 0 Å². The highest BCUT2D eigenvalue weighted by atomic mass is 79.9. The van der Waals surface area contributed by atoms with Gasteiger partial charge in [0.15, 0.2) is 0 Å². The van der Waals surface area contributed by atoms with Crippen LogP contribution in [0.25, 0.3) is 10.1 Å². The van der Waals surface area contributed by atoms with Crippen LogP contribution < -0.4 is 0 Å². The summed E-state index contributed by atoms with van der Waals surface area (Å²) in [5.41, 5.74) is 1.32. The molecular formula is C10H8BrClS. The van der Waals surface area contributed by atoms with E-state index in [0.29, 0.717) is 0 Å². The Balaban J connectivity index is 2.80. The van der Waals surface area contributed by atoms with E-state index in [1.165, 1.54) is 10.3 Å². The van der Waals surface area contributed by atoms with Gasteiger partial charge in [-0.15, -0.1) is 11.3 Å². The number of benzene rings is 1. The molecule has 0 bridgehead atoms. The lowest BCUT2D eigenvalue weighted by atomic mass is 10.1. The predicted octanol–water partition coefficient (Wildman–Crippen LogP) is 4.88. The van der Waals surface area contributed by atoms with E-state index in [1.807, 2.05) is 5.38 Å². The van der Waals surface area contributed by atoms with Crippen LogP contribution in [0.4, 0.5) is 0 Å². The molecule has 0 N–H and O–H groups in total. The molecule has 1 aromatic carbocycles. The van der Waals surface area contributed by atoms with Gasteiger partial charge in [-0.05, 0) is 40.0 Å². The minimum absolute atomic E-state index is 0.857. The predicted molar refractivity (Wildman–Crippen MR) is 63.9 cm³/mol. The van der Waals surface area contributed by atoms with Crippen molar-refractivity contribution in [1.29, 1.82) is 0 Å². The normalized spacial score (nSPS) is 11.0. The van der Waals surface area contributed by atoms with Gasteiger partial charge < -0.3 is 0 Å². The second kappa shape index (κ2) is 3.60. The molecule has 0 amide bonds. The minimum atomic E-state index is 0.857. The average Bonchev–Trinajstić information content (AvgIpc) is 2.48. The molecule has 1 aromatic heterocycles. The summed E-state index contributed by atoms with van der Waals surface area (Å²) in [5, 5.41) is 4.00. The van der Waals surface area contributed by atoms with Crippen LogP contribution in [0.15, 0.2) is 22.0 Å². The highest BCUT2D eigenvalue weighted by molar-refractivity contribution is 9.10. The molecule has 0 saturated heterocycles. The summed E-state index contributed by atoms with van der Waals surface area (Å²) in [5.74, 6) is 0. The zero-order chi connectivity index (χ0) is 9.42. The van der Waals surface area contributed by atoms with Crippen molar-refractivity contribution in [2.45, 2.75) is 13.3 Å². The van der Waals surface area contributed by atoms with Gasteiger partial charge in [-0.25, -0.2) is 0 Å². The highest BCUT2D eigenvalue weighted by Gasteiger charge is 2.06. The molecule has 2 aromatic rings. The molecule has 0 spiro atoms. The maximum absolute atomic E-state index is 6.06. The molecule has 0 aliphatic heterocycles. The van der Waals surface area contributed by atoms with Crippen molar-refractivity contribution in [3.05, 3.63) is 32.6 Å². The van der Waals surface area contributed by atoms with E-state index in [1.54, 1.807) is 11.3 Å². The molecule has 0 fully saturated rings. The summed E-state index contributed by atoms with van der Waals surface area (Å²) in [6, 6.07) is 4.33. The summed E-state index contributed by atoms with van der Waals surface area (Å²) >= 11 is 11.3. The highest BCUT2D eigenvalue weighted by Crippen LogP contribution is 2.36. The molecule has 13 heavy (non-hydrogen) atoms. The van der Waals surface area contributed by atoms with Crippen molar-refractivity contribution >= 4 is 49.0 Å². The number of rotatable bonds is 1. The van der Waals surface area contributed by atoms with Gasteiger partial charge in [0.1, 0.15) is 0 Å². The molecule has 0 aliphatic rings. The van der Waals surface area contributed by atoms with E-state index in [4.69, 9.17) is 11.6 Å². The van der Waals surface area contributed by atoms with Gasteiger partial charge in [0.05, 0.1) is 9.72 Å². The topological polar surface area (TPSA) is 0 Å². The van der Waals surface area contributed by atoms with Crippen molar-refractivity contribution < 1.29 is 0 Å². The fourth-order valence-corrected chi connectivity index (χ4v) is 3.27.